The summed E-state index contributed by atoms with van der Waals surface area (Å²) in [6.45, 7) is 8.80. The highest BCUT2D eigenvalue weighted by molar-refractivity contribution is 7.89. The number of nitrogens with one attached hydrogen (secondary N) is 2. The summed E-state index contributed by atoms with van der Waals surface area (Å²) in [5.41, 5.74) is -0.928. The van der Waals surface area contributed by atoms with Gasteiger partial charge in [-0.15, -0.1) is 0 Å². The smallest absolute Gasteiger partial charge is 0.408 e. The number of carbonyl (C=O) groups is 2. The fourth-order valence-corrected chi connectivity index (χ4v) is 5.25. The van der Waals surface area contributed by atoms with E-state index < -0.39 is 27.8 Å². The number of rotatable bonds is 6. The molecule has 8 nitrogen and oxygen atoms in total. The maximum atomic E-state index is 13.0. The largest absolute Gasteiger partial charge is 0.438 e. The molecule has 3 unspecified atom stereocenters. The number of sulfonamides is 1. The van der Waals surface area contributed by atoms with Crippen molar-refractivity contribution < 1.29 is 27.5 Å². The van der Waals surface area contributed by atoms with E-state index >= 15 is 0 Å². The summed E-state index contributed by atoms with van der Waals surface area (Å²) in [7, 11) is -3.71. The molecule has 1 fully saturated rings. The third kappa shape index (κ3) is 10.7. The predicted molar refractivity (Wildman–Crippen MR) is 136 cm³/mol. The van der Waals surface area contributed by atoms with E-state index in [2.05, 4.69) is 17.0 Å². The Labute approximate surface area is 210 Å². The molecule has 1 heterocycles. The number of amides is 1. The molecule has 3 atom stereocenters. The van der Waals surface area contributed by atoms with E-state index in [1.807, 2.05) is 6.92 Å². The van der Waals surface area contributed by atoms with Crippen molar-refractivity contribution in [3.8, 4) is 0 Å². The van der Waals surface area contributed by atoms with Crippen LogP contribution in [0, 0.1) is 11.8 Å². The molecule has 1 amide bonds. The fraction of sp³-hybridized carbons (Fsp3) is 0.692. The molecule has 1 aromatic rings. The summed E-state index contributed by atoms with van der Waals surface area (Å²) in [4.78, 5) is 25.9. The number of benzene rings is 1. The minimum Gasteiger partial charge on any atom is -0.438 e. The monoisotopic (exact) mass is 510 g/mol. The molecular weight excluding hydrogens is 468 g/mol. The Morgan fingerprint density at radius 2 is 1.74 bits per heavy atom. The van der Waals surface area contributed by atoms with E-state index in [9.17, 15) is 18.0 Å². The lowest BCUT2D eigenvalue weighted by Gasteiger charge is -2.28. The van der Waals surface area contributed by atoms with Crippen LogP contribution in [0.4, 0.5) is 4.79 Å². The van der Waals surface area contributed by atoms with Crippen LogP contribution in [0.5, 0.6) is 0 Å². The van der Waals surface area contributed by atoms with Crippen LogP contribution in [0.3, 0.4) is 0 Å². The molecule has 0 aromatic heterocycles. The molecule has 1 aliphatic rings. The summed E-state index contributed by atoms with van der Waals surface area (Å²) < 4.78 is 38.9. The number of hydrogen-bond acceptors (Lipinski definition) is 6. The zero-order valence-electron chi connectivity index (χ0n) is 21.5. The van der Waals surface area contributed by atoms with Crippen LogP contribution in [0.25, 0.3) is 0 Å². The van der Waals surface area contributed by atoms with Crippen LogP contribution >= 0.6 is 0 Å². The first-order valence-electron chi connectivity index (χ1n) is 12.6. The summed E-state index contributed by atoms with van der Waals surface area (Å²) in [6, 6.07) is 8.04. The van der Waals surface area contributed by atoms with E-state index in [0.29, 0.717) is 25.4 Å². The van der Waals surface area contributed by atoms with Crippen molar-refractivity contribution in [2.45, 2.75) is 89.2 Å². The molecule has 1 aromatic carbocycles. The van der Waals surface area contributed by atoms with Gasteiger partial charge in [-0.2, -0.15) is 0 Å². The minimum atomic E-state index is -3.71. The first-order valence-corrected chi connectivity index (χ1v) is 14.1. The second-order valence-electron chi connectivity index (χ2n) is 10.3. The maximum Gasteiger partial charge on any atom is 0.408 e. The van der Waals surface area contributed by atoms with Gasteiger partial charge in [0.1, 0.15) is 0 Å². The van der Waals surface area contributed by atoms with Crippen molar-refractivity contribution in [3.05, 3.63) is 30.3 Å². The Balaban J connectivity index is 1.95. The Kier molecular flexibility index (Phi) is 11.7. The first kappa shape index (κ1) is 29.3. The molecule has 0 aliphatic carbocycles. The molecule has 1 aliphatic heterocycles. The Morgan fingerprint density at radius 1 is 1.06 bits per heavy atom. The molecule has 35 heavy (non-hydrogen) atoms. The van der Waals surface area contributed by atoms with Gasteiger partial charge < -0.3 is 14.8 Å². The highest BCUT2D eigenvalue weighted by atomic mass is 32.2. The van der Waals surface area contributed by atoms with Gasteiger partial charge in [0.05, 0.1) is 10.4 Å². The third-order valence-electron chi connectivity index (χ3n) is 6.24. The average molecular weight is 511 g/mol. The number of carbonyl (C=O) groups excluding carboxylic acids is 2. The second kappa shape index (κ2) is 13.9. The lowest BCUT2D eigenvalue weighted by Crippen LogP contribution is -2.52. The summed E-state index contributed by atoms with van der Waals surface area (Å²) in [5, 5.41) is 2.71. The zero-order valence-corrected chi connectivity index (χ0v) is 22.4. The van der Waals surface area contributed by atoms with Crippen molar-refractivity contribution in [3.63, 3.8) is 0 Å². The molecule has 2 N–H and O–H groups in total. The highest BCUT2D eigenvalue weighted by Gasteiger charge is 2.30. The van der Waals surface area contributed by atoms with E-state index in [1.54, 1.807) is 32.0 Å². The zero-order chi connectivity index (χ0) is 25.9. The van der Waals surface area contributed by atoms with Crippen molar-refractivity contribution >= 4 is 21.9 Å². The molecule has 1 saturated heterocycles. The van der Waals surface area contributed by atoms with E-state index in [-0.39, 0.29) is 23.1 Å². The lowest BCUT2D eigenvalue weighted by atomic mass is 9.93. The van der Waals surface area contributed by atoms with E-state index in [4.69, 9.17) is 9.47 Å². The Hall–Kier alpha value is -1.97. The van der Waals surface area contributed by atoms with Gasteiger partial charge in [-0.3, -0.25) is 4.79 Å². The predicted octanol–water partition coefficient (Wildman–Crippen LogP) is 4.44. The Bertz CT molecular complexity index is 904. The number of ketones is 1. The SMILES string of the molecule is CC1CCCCCC(OC(=O)NC(C)(C)CNS(=O)(=O)c2ccccc2)C(=O)C(C)CCCOC1. The third-order valence-corrected chi connectivity index (χ3v) is 7.66. The fourth-order valence-electron chi connectivity index (χ4n) is 4.02. The maximum absolute atomic E-state index is 13.0. The molecule has 0 saturated carbocycles. The van der Waals surface area contributed by atoms with E-state index in [1.165, 1.54) is 12.1 Å². The van der Waals surface area contributed by atoms with Crippen LogP contribution in [0.2, 0.25) is 0 Å². The summed E-state index contributed by atoms with van der Waals surface area (Å²) in [5.74, 6) is 0.201. The number of hydrogen-bond donors (Lipinski definition) is 2. The lowest BCUT2D eigenvalue weighted by molar-refractivity contribution is -0.131. The van der Waals surface area contributed by atoms with Crippen LogP contribution < -0.4 is 10.0 Å². The van der Waals surface area contributed by atoms with Crippen molar-refractivity contribution in [1.82, 2.24) is 10.0 Å². The van der Waals surface area contributed by atoms with Gasteiger partial charge in [0, 0.05) is 25.7 Å². The summed E-state index contributed by atoms with van der Waals surface area (Å²) in [6.07, 6.45) is 4.29. The van der Waals surface area contributed by atoms with Gasteiger partial charge in [0.15, 0.2) is 11.9 Å². The number of Topliss-reactive ketones (excluding diaryl/α,β-unsaturated/α-hetero) is 1. The molecule has 9 heteroatoms. The van der Waals surface area contributed by atoms with Crippen molar-refractivity contribution in [1.29, 1.82) is 0 Å². The van der Waals surface area contributed by atoms with Crippen molar-refractivity contribution in [2.24, 2.45) is 11.8 Å². The molecular formula is C26H42N2O6S. The van der Waals surface area contributed by atoms with Crippen LogP contribution in [-0.2, 0) is 24.3 Å². The summed E-state index contributed by atoms with van der Waals surface area (Å²) >= 11 is 0. The number of ether oxygens (including phenoxy) is 2. The van der Waals surface area contributed by atoms with Gasteiger partial charge in [-0.1, -0.05) is 44.9 Å². The molecule has 2 rings (SSSR count). The van der Waals surface area contributed by atoms with Crippen LogP contribution in [0.15, 0.2) is 35.2 Å². The standard InChI is InChI=1S/C26H42N2O6S/c1-20-12-7-5-10-16-23(24(29)21(2)13-11-17-33-18-20)34-25(30)28-26(3,4)19-27-35(31,32)22-14-8-6-9-15-22/h6,8-9,14-15,20-21,23,27H,5,7,10-13,16-19H2,1-4H3,(H,28,30). The molecule has 0 radical (unpaired) electrons. The van der Waals surface area contributed by atoms with Crippen LogP contribution in [0.1, 0.15) is 72.6 Å². The van der Waals surface area contributed by atoms with Gasteiger partial charge in [0.2, 0.25) is 10.0 Å². The van der Waals surface area contributed by atoms with Gasteiger partial charge in [0.25, 0.3) is 0 Å². The molecule has 198 valence electrons. The van der Waals surface area contributed by atoms with Gasteiger partial charge in [-0.05, 0) is 64.0 Å². The Morgan fingerprint density at radius 3 is 2.46 bits per heavy atom. The average Bonchev–Trinajstić information content (AvgIpc) is 2.81. The normalized spacial score (nSPS) is 23.8. The number of alkyl carbamates (subject to hydrolysis) is 1. The minimum absolute atomic E-state index is 0.0352. The van der Waals surface area contributed by atoms with Crippen molar-refractivity contribution in [2.75, 3.05) is 19.8 Å². The quantitative estimate of drug-likeness (QED) is 0.585. The van der Waals surface area contributed by atoms with Gasteiger partial charge >= 0.3 is 6.09 Å². The molecule has 0 bridgehead atoms. The molecule has 0 spiro atoms. The van der Waals surface area contributed by atoms with E-state index in [0.717, 1.165) is 38.7 Å². The first-order chi connectivity index (χ1) is 16.5. The van der Waals surface area contributed by atoms with Gasteiger partial charge in [-0.25, -0.2) is 17.9 Å². The topological polar surface area (TPSA) is 111 Å². The second-order valence-corrected chi connectivity index (χ2v) is 12.1. The highest BCUT2D eigenvalue weighted by Crippen LogP contribution is 2.19. The van der Waals surface area contributed by atoms with Crippen LogP contribution in [-0.4, -0.2) is 51.7 Å².